The van der Waals surface area contributed by atoms with Gasteiger partial charge in [-0.15, -0.1) is 0 Å². The van der Waals surface area contributed by atoms with Crippen LogP contribution in [-0.4, -0.2) is 41.2 Å². The molecule has 1 heterocycles. The quantitative estimate of drug-likeness (QED) is 0.186. The highest BCUT2D eigenvalue weighted by Gasteiger charge is 2.32. The first kappa shape index (κ1) is 29.5. The van der Waals surface area contributed by atoms with Gasteiger partial charge in [0.25, 0.3) is 5.91 Å². The largest absolute Gasteiger partial charge is 0.352 e. The molecule has 0 saturated heterocycles. The van der Waals surface area contributed by atoms with E-state index in [0.717, 1.165) is 38.5 Å². The molecule has 3 amide bonds. The maximum absolute atomic E-state index is 14.0. The minimum Gasteiger partial charge on any atom is -0.352 e. The lowest BCUT2D eigenvalue weighted by Crippen LogP contribution is -2.52. The van der Waals surface area contributed by atoms with Gasteiger partial charge in [0, 0.05) is 47.4 Å². The van der Waals surface area contributed by atoms with E-state index in [1.54, 1.807) is 9.80 Å². The lowest BCUT2D eigenvalue weighted by atomic mass is 10.0. The van der Waals surface area contributed by atoms with Crippen molar-refractivity contribution in [1.29, 1.82) is 0 Å². The minimum absolute atomic E-state index is 0.00840. The van der Waals surface area contributed by atoms with Gasteiger partial charge >= 0.3 is 0 Å². The Morgan fingerprint density at radius 3 is 2.33 bits per heavy atom. The highest BCUT2D eigenvalue weighted by molar-refractivity contribution is 9.10. The third-order valence-electron chi connectivity index (χ3n) is 7.96. The molecule has 5 rings (SSSR count). The molecule has 42 heavy (non-hydrogen) atoms. The number of carbonyl (C=O) groups excluding carboxylic acids is 3. The van der Waals surface area contributed by atoms with Crippen molar-refractivity contribution < 1.29 is 14.4 Å². The number of halogens is 1. The summed E-state index contributed by atoms with van der Waals surface area (Å²) in [7, 11) is 0. The smallest absolute Gasteiger partial charge is 0.258 e. The fraction of sp³-hybridized carbons (Fsp3) is 0.286. The van der Waals surface area contributed by atoms with Crippen molar-refractivity contribution in [1.82, 2.24) is 10.2 Å². The second kappa shape index (κ2) is 13.3. The fourth-order valence-corrected chi connectivity index (χ4v) is 5.78. The van der Waals surface area contributed by atoms with E-state index in [4.69, 9.17) is 0 Å². The van der Waals surface area contributed by atoms with Crippen LogP contribution in [0, 0.1) is 0 Å². The Kier molecular flexibility index (Phi) is 9.38. The topological polar surface area (TPSA) is 69.7 Å². The van der Waals surface area contributed by atoms with Crippen LogP contribution in [0.2, 0.25) is 0 Å². The summed E-state index contributed by atoms with van der Waals surface area (Å²) in [6.07, 6.45) is 1.90. The summed E-state index contributed by atoms with van der Waals surface area (Å²) in [6.45, 7) is 4.74. The summed E-state index contributed by atoms with van der Waals surface area (Å²) in [5.41, 5.74) is 3.53. The molecule has 0 aliphatic carbocycles. The first-order valence-corrected chi connectivity index (χ1v) is 15.4. The van der Waals surface area contributed by atoms with Crippen LogP contribution in [0.3, 0.4) is 0 Å². The zero-order valence-corrected chi connectivity index (χ0v) is 25.6. The monoisotopic (exact) mass is 625 g/mol. The Morgan fingerprint density at radius 1 is 0.905 bits per heavy atom. The summed E-state index contributed by atoms with van der Waals surface area (Å²) >= 11 is 3.49. The van der Waals surface area contributed by atoms with E-state index >= 15 is 0 Å². The molecule has 6 nitrogen and oxygen atoms in total. The van der Waals surface area contributed by atoms with Crippen molar-refractivity contribution in [2.24, 2.45) is 0 Å². The molecule has 0 radical (unpaired) electrons. The van der Waals surface area contributed by atoms with Gasteiger partial charge in [0.15, 0.2) is 0 Å². The van der Waals surface area contributed by atoms with Gasteiger partial charge in [0.2, 0.25) is 11.8 Å². The summed E-state index contributed by atoms with van der Waals surface area (Å²) in [5, 5.41) is 5.12. The van der Waals surface area contributed by atoms with E-state index < -0.39 is 6.04 Å². The number of hydrogen-bond donors (Lipinski definition) is 1. The van der Waals surface area contributed by atoms with Gasteiger partial charge in [0.05, 0.1) is 5.69 Å². The fourth-order valence-electron chi connectivity index (χ4n) is 5.51. The van der Waals surface area contributed by atoms with Crippen LogP contribution >= 0.6 is 15.9 Å². The Balaban J connectivity index is 1.37. The molecule has 7 heteroatoms. The number of nitrogens with one attached hydrogen (secondary N) is 1. The second-order valence-corrected chi connectivity index (χ2v) is 11.8. The number of nitrogens with zero attached hydrogens (tertiary/aromatic N) is 2. The SMILES string of the molecule is CC[C@@H](C)NC(=O)[C@H](Cc1ccccc1)N(Cc1ccc(Br)cc1)C(=O)CCCN1C(=O)c2cccc3cccc1c23. The van der Waals surface area contributed by atoms with E-state index in [0.29, 0.717) is 31.5 Å². The molecule has 216 valence electrons. The van der Waals surface area contributed by atoms with E-state index in [1.807, 2.05) is 105 Å². The van der Waals surface area contributed by atoms with Gasteiger partial charge < -0.3 is 15.1 Å². The van der Waals surface area contributed by atoms with Gasteiger partial charge in [0.1, 0.15) is 6.04 Å². The van der Waals surface area contributed by atoms with Crippen molar-refractivity contribution in [2.45, 2.75) is 58.2 Å². The second-order valence-electron chi connectivity index (χ2n) is 10.9. The molecule has 0 fully saturated rings. The van der Waals surface area contributed by atoms with Crippen LogP contribution in [0.25, 0.3) is 10.8 Å². The molecular formula is C35H36BrN3O3. The lowest BCUT2D eigenvalue weighted by molar-refractivity contribution is -0.141. The molecular weight excluding hydrogens is 590 g/mol. The zero-order chi connectivity index (χ0) is 29.6. The number of rotatable bonds is 12. The molecule has 0 spiro atoms. The minimum atomic E-state index is -0.677. The van der Waals surface area contributed by atoms with Gasteiger partial charge in [-0.3, -0.25) is 14.4 Å². The van der Waals surface area contributed by atoms with E-state index in [9.17, 15) is 14.4 Å². The van der Waals surface area contributed by atoms with Gasteiger partial charge in [-0.2, -0.15) is 0 Å². The summed E-state index contributed by atoms with van der Waals surface area (Å²) in [4.78, 5) is 44.5. The molecule has 1 aliphatic rings. The van der Waals surface area contributed by atoms with Crippen molar-refractivity contribution in [2.75, 3.05) is 11.4 Å². The van der Waals surface area contributed by atoms with Crippen LogP contribution in [0.4, 0.5) is 5.69 Å². The Hall–Kier alpha value is -3.97. The molecule has 0 unspecified atom stereocenters. The molecule has 1 N–H and O–H groups in total. The molecule has 4 aromatic carbocycles. The number of carbonyl (C=O) groups is 3. The van der Waals surface area contributed by atoms with Crippen LogP contribution in [0.15, 0.2) is 95.5 Å². The zero-order valence-electron chi connectivity index (χ0n) is 24.1. The lowest BCUT2D eigenvalue weighted by Gasteiger charge is -2.32. The third-order valence-corrected chi connectivity index (χ3v) is 8.49. The third kappa shape index (κ3) is 6.57. The predicted molar refractivity (Wildman–Crippen MR) is 171 cm³/mol. The number of anilines is 1. The van der Waals surface area contributed by atoms with Gasteiger partial charge in [-0.05, 0) is 60.5 Å². The van der Waals surface area contributed by atoms with Crippen molar-refractivity contribution in [3.63, 3.8) is 0 Å². The van der Waals surface area contributed by atoms with Crippen LogP contribution in [0.1, 0.15) is 54.6 Å². The van der Waals surface area contributed by atoms with Crippen molar-refractivity contribution in [3.8, 4) is 0 Å². The molecule has 0 saturated carbocycles. The van der Waals surface area contributed by atoms with Crippen molar-refractivity contribution >= 4 is 50.1 Å². The molecule has 2 atom stereocenters. The first-order valence-electron chi connectivity index (χ1n) is 14.6. The van der Waals surface area contributed by atoms with E-state index in [2.05, 4.69) is 21.2 Å². The summed E-state index contributed by atoms with van der Waals surface area (Å²) < 4.78 is 0.950. The number of amides is 3. The maximum Gasteiger partial charge on any atom is 0.258 e. The van der Waals surface area contributed by atoms with Crippen LogP contribution < -0.4 is 10.2 Å². The Bertz CT molecular complexity index is 1570. The summed E-state index contributed by atoms with van der Waals surface area (Å²) in [5.74, 6) is -0.299. The molecule has 4 aromatic rings. The van der Waals surface area contributed by atoms with Gasteiger partial charge in [-0.1, -0.05) is 89.6 Å². The standard InChI is InChI=1S/C35H36BrN3O3/c1-3-24(2)37-34(41)31(22-25-10-5-4-6-11-25)39(23-26-17-19-28(36)20-18-26)32(40)16-9-21-38-30-15-8-13-27-12-7-14-29(33(27)30)35(38)42/h4-8,10-15,17-20,24,31H,3,9,16,21-23H2,1-2H3,(H,37,41)/t24-,31+/m1/s1. The average Bonchev–Trinajstić information content (AvgIpc) is 3.28. The summed E-state index contributed by atoms with van der Waals surface area (Å²) in [6, 6.07) is 28.7. The number of benzene rings is 4. The van der Waals surface area contributed by atoms with E-state index in [-0.39, 0.29) is 30.2 Å². The molecule has 0 bridgehead atoms. The first-order chi connectivity index (χ1) is 20.4. The predicted octanol–water partition coefficient (Wildman–Crippen LogP) is 6.90. The van der Waals surface area contributed by atoms with Gasteiger partial charge in [-0.25, -0.2) is 0 Å². The van der Waals surface area contributed by atoms with Crippen molar-refractivity contribution in [3.05, 3.63) is 112 Å². The highest BCUT2D eigenvalue weighted by Crippen LogP contribution is 2.37. The van der Waals surface area contributed by atoms with Crippen LogP contribution in [0.5, 0.6) is 0 Å². The highest BCUT2D eigenvalue weighted by atomic mass is 79.9. The normalized spacial score (nSPS) is 13.7. The molecule has 1 aliphatic heterocycles. The maximum atomic E-state index is 14.0. The van der Waals surface area contributed by atoms with Crippen LogP contribution in [-0.2, 0) is 22.6 Å². The Morgan fingerprint density at radius 2 is 1.62 bits per heavy atom. The Labute approximate surface area is 255 Å². The average molecular weight is 627 g/mol. The van der Waals surface area contributed by atoms with E-state index in [1.165, 1.54) is 0 Å². The molecule has 0 aromatic heterocycles. The number of hydrogen-bond acceptors (Lipinski definition) is 3.